The first-order valence-electron chi connectivity index (χ1n) is 7.02. The molecule has 5 heteroatoms. The van der Waals surface area contributed by atoms with Crippen molar-refractivity contribution < 1.29 is 4.74 Å². The number of aromatic amines is 1. The number of nitrogens with one attached hydrogen (secondary N) is 2. The first kappa shape index (κ1) is 14.1. The van der Waals surface area contributed by atoms with E-state index in [0.29, 0.717) is 12.1 Å². The summed E-state index contributed by atoms with van der Waals surface area (Å²) in [6.07, 6.45) is 1.74. The number of aromatic nitrogens is 2. The summed E-state index contributed by atoms with van der Waals surface area (Å²) in [6, 6.07) is 11.3. The van der Waals surface area contributed by atoms with Gasteiger partial charge >= 0.3 is 0 Å². The van der Waals surface area contributed by atoms with Gasteiger partial charge in [0, 0.05) is 29.2 Å². The van der Waals surface area contributed by atoms with Crippen LogP contribution < -0.4 is 15.6 Å². The van der Waals surface area contributed by atoms with Crippen molar-refractivity contribution in [3.05, 3.63) is 64.1 Å². The van der Waals surface area contributed by atoms with Gasteiger partial charge in [-0.1, -0.05) is 0 Å². The first-order valence-corrected chi connectivity index (χ1v) is 7.02. The molecule has 2 heterocycles. The first-order chi connectivity index (χ1) is 10.7. The largest absolute Gasteiger partial charge is 0.497 e. The molecular weight excluding hydrogens is 278 g/mol. The van der Waals surface area contributed by atoms with E-state index in [-0.39, 0.29) is 5.56 Å². The molecule has 0 bridgehead atoms. The maximum absolute atomic E-state index is 12.1. The number of rotatable bonds is 4. The molecule has 1 aromatic carbocycles. The average molecular weight is 295 g/mol. The number of ether oxygens (including phenoxy) is 1. The van der Waals surface area contributed by atoms with E-state index in [2.05, 4.69) is 15.3 Å². The van der Waals surface area contributed by atoms with Crippen molar-refractivity contribution in [3.8, 4) is 5.75 Å². The van der Waals surface area contributed by atoms with Gasteiger partial charge < -0.3 is 15.0 Å². The number of H-pyrrole nitrogens is 1. The number of pyridine rings is 2. The summed E-state index contributed by atoms with van der Waals surface area (Å²) in [6.45, 7) is 2.42. The second-order valence-corrected chi connectivity index (χ2v) is 5.15. The molecule has 0 radical (unpaired) electrons. The van der Waals surface area contributed by atoms with E-state index >= 15 is 0 Å². The minimum Gasteiger partial charge on any atom is -0.497 e. The number of anilines is 1. The quantitative estimate of drug-likeness (QED) is 0.776. The molecule has 0 unspecified atom stereocenters. The third-order valence-corrected chi connectivity index (χ3v) is 3.50. The molecule has 0 fully saturated rings. The zero-order valence-electron chi connectivity index (χ0n) is 12.5. The van der Waals surface area contributed by atoms with Crippen LogP contribution in [0.25, 0.3) is 10.9 Å². The summed E-state index contributed by atoms with van der Waals surface area (Å²) < 4.78 is 5.22. The third kappa shape index (κ3) is 2.93. The monoisotopic (exact) mass is 295 g/mol. The van der Waals surface area contributed by atoms with Crippen LogP contribution in [0, 0.1) is 6.92 Å². The van der Waals surface area contributed by atoms with E-state index in [1.165, 1.54) is 0 Å². The SMILES string of the molecule is COc1ccc2[nH]c(=O)c(CNc3cc(C)ccn3)cc2c1. The van der Waals surface area contributed by atoms with Crippen LogP contribution in [-0.4, -0.2) is 17.1 Å². The highest BCUT2D eigenvalue weighted by Gasteiger charge is 2.05. The Morgan fingerprint density at radius 2 is 2.09 bits per heavy atom. The van der Waals surface area contributed by atoms with Gasteiger partial charge in [0.1, 0.15) is 11.6 Å². The highest BCUT2D eigenvalue weighted by molar-refractivity contribution is 5.80. The van der Waals surface area contributed by atoms with Crippen LogP contribution in [0.2, 0.25) is 0 Å². The van der Waals surface area contributed by atoms with Crippen molar-refractivity contribution in [2.24, 2.45) is 0 Å². The summed E-state index contributed by atoms with van der Waals surface area (Å²) >= 11 is 0. The number of methoxy groups -OCH3 is 1. The molecule has 5 nitrogen and oxygen atoms in total. The molecule has 2 aromatic heterocycles. The lowest BCUT2D eigenvalue weighted by molar-refractivity contribution is 0.415. The van der Waals surface area contributed by atoms with Crippen LogP contribution in [0.15, 0.2) is 47.4 Å². The van der Waals surface area contributed by atoms with Crippen molar-refractivity contribution in [1.82, 2.24) is 9.97 Å². The Kier molecular flexibility index (Phi) is 3.78. The predicted molar refractivity (Wildman–Crippen MR) is 87.4 cm³/mol. The standard InChI is InChI=1S/C17H17N3O2/c1-11-5-6-18-16(7-11)19-10-13-8-12-9-14(22-2)3-4-15(12)20-17(13)21/h3-9H,10H2,1-2H3,(H,18,19)(H,20,21). The molecule has 3 rings (SSSR count). The van der Waals surface area contributed by atoms with Crippen molar-refractivity contribution in [2.45, 2.75) is 13.5 Å². The van der Waals surface area contributed by atoms with Crippen LogP contribution in [0.5, 0.6) is 5.75 Å². The van der Waals surface area contributed by atoms with Crippen molar-refractivity contribution in [3.63, 3.8) is 0 Å². The molecule has 0 saturated carbocycles. The molecule has 0 aliphatic carbocycles. The zero-order valence-corrected chi connectivity index (χ0v) is 12.5. The maximum atomic E-state index is 12.1. The van der Waals surface area contributed by atoms with Gasteiger partial charge in [0.25, 0.3) is 5.56 Å². The summed E-state index contributed by atoms with van der Waals surface area (Å²) in [5.74, 6) is 1.52. The van der Waals surface area contributed by atoms with Crippen molar-refractivity contribution in [2.75, 3.05) is 12.4 Å². The second kappa shape index (κ2) is 5.89. The van der Waals surface area contributed by atoms with E-state index in [1.807, 2.05) is 43.3 Å². The molecular formula is C17H17N3O2. The summed E-state index contributed by atoms with van der Waals surface area (Å²) in [4.78, 5) is 19.2. The highest BCUT2D eigenvalue weighted by Crippen LogP contribution is 2.19. The maximum Gasteiger partial charge on any atom is 0.253 e. The van der Waals surface area contributed by atoms with E-state index in [1.54, 1.807) is 13.3 Å². The fraction of sp³-hybridized carbons (Fsp3) is 0.176. The molecule has 3 aromatic rings. The van der Waals surface area contributed by atoms with Gasteiger partial charge in [-0.3, -0.25) is 4.79 Å². The number of fused-ring (bicyclic) bond motifs is 1. The molecule has 0 aliphatic rings. The summed E-state index contributed by atoms with van der Waals surface area (Å²) in [5.41, 5.74) is 2.47. The molecule has 2 N–H and O–H groups in total. The van der Waals surface area contributed by atoms with Gasteiger partial charge in [0.05, 0.1) is 7.11 Å². The number of benzene rings is 1. The Bertz CT molecular complexity index is 871. The van der Waals surface area contributed by atoms with E-state index in [9.17, 15) is 4.79 Å². The van der Waals surface area contributed by atoms with Crippen LogP contribution in [-0.2, 0) is 6.54 Å². The van der Waals surface area contributed by atoms with Gasteiger partial charge in [0.15, 0.2) is 0 Å². The summed E-state index contributed by atoms with van der Waals surface area (Å²) in [5, 5.41) is 4.11. The van der Waals surface area contributed by atoms with Crippen LogP contribution >= 0.6 is 0 Å². The fourth-order valence-electron chi connectivity index (χ4n) is 2.31. The van der Waals surface area contributed by atoms with E-state index < -0.39 is 0 Å². The molecule has 112 valence electrons. The van der Waals surface area contributed by atoms with Crippen LogP contribution in [0.4, 0.5) is 5.82 Å². The second-order valence-electron chi connectivity index (χ2n) is 5.15. The van der Waals surface area contributed by atoms with Gasteiger partial charge in [-0.2, -0.15) is 0 Å². The van der Waals surface area contributed by atoms with Crippen LogP contribution in [0.3, 0.4) is 0 Å². The van der Waals surface area contributed by atoms with Gasteiger partial charge in [-0.05, 0) is 48.9 Å². The molecule has 0 amide bonds. The van der Waals surface area contributed by atoms with Crippen LogP contribution in [0.1, 0.15) is 11.1 Å². The predicted octanol–water partition coefficient (Wildman–Crippen LogP) is 2.85. The summed E-state index contributed by atoms with van der Waals surface area (Å²) in [7, 11) is 1.62. The van der Waals surface area contributed by atoms with Gasteiger partial charge in [-0.25, -0.2) is 4.98 Å². The molecule has 22 heavy (non-hydrogen) atoms. The minimum atomic E-state index is -0.0992. The van der Waals surface area contributed by atoms with Crippen molar-refractivity contribution >= 4 is 16.7 Å². The Hall–Kier alpha value is -2.82. The molecule has 0 aliphatic heterocycles. The number of aryl methyl sites for hydroxylation is 1. The number of hydrogen-bond donors (Lipinski definition) is 2. The minimum absolute atomic E-state index is 0.0992. The van der Waals surface area contributed by atoms with E-state index in [4.69, 9.17) is 4.74 Å². The van der Waals surface area contributed by atoms with Gasteiger partial charge in [0.2, 0.25) is 0 Å². The lowest BCUT2D eigenvalue weighted by Crippen LogP contribution is -2.16. The smallest absolute Gasteiger partial charge is 0.253 e. The average Bonchev–Trinajstić information content (AvgIpc) is 2.52. The lowest BCUT2D eigenvalue weighted by Gasteiger charge is -2.08. The van der Waals surface area contributed by atoms with E-state index in [0.717, 1.165) is 28.0 Å². The zero-order chi connectivity index (χ0) is 15.5. The molecule has 0 atom stereocenters. The van der Waals surface area contributed by atoms with Crippen molar-refractivity contribution in [1.29, 1.82) is 0 Å². The Labute approximate surface area is 128 Å². The third-order valence-electron chi connectivity index (χ3n) is 3.50. The Morgan fingerprint density at radius 1 is 1.23 bits per heavy atom. The number of nitrogens with zero attached hydrogens (tertiary/aromatic N) is 1. The Morgan fingerprint density at radius 3 is 2.86 bits per heavy atom. The molecule has 0 spiro atoms. The molecule has 0 saturated heterocycles. The van der Waals surface area contributed by atoms with Gasteiger partial charge in [-0.15, -0.1) is 0 Å². The fourth-order valence-corrected chi connectivity index (χ4v) is 2.31. The topological polar surface area (TPSA) is 67.0 Å². The highest BCUT2D eigenvalue weighted by atomic mass is 16.5. The normalized spacial score (nSPS) is 10.6. The Balaban J connectivity index is 1.89. The number of hydrogen-bond acceptors (Lipinski definition) is 4. The lowest BCUT2D eigenvalue weighted by atomic mass is 10.1.